The summed E-state index contributed by atoms with van der Waals surface area (Å²) in [7, 11) is 1.53. The molecular weight excluding hydrogens is 464 g/mol. The van der Waals surface area contributed by atoms with Crippen LogP contribution >= 0.6 is 0 Å². The first kappa shape index (κ1) is 24.1. The first-order valence-corrected chi connectivity index (χ1v) is 12.2. The number of aryl methyl sites for hydroxylation is 1. The van der Waals surface area contributed by atoms with Gasteiger partial charge in [-0.1, -0.05) is 18.2 Å². The van der Waals surface area contributed by atoms with Crippen molar-refractivity contribution in [1.29, 1.82) is 0 Å². The Kier molecular flexibility index (Phi) is 6.12. The summed E-state index contributed by atoms with van der Waals surface area (Å²) in [6, 6.07) is 9.49. The minimum atomic E-state index is -1.27. The molecule has 3 aliphatic heterocycles. The third-order valence-corrected chi connectivity index (χ3v) is 7.05. The number of nitrogens with one attached hydrogen (secondary N) is 1. The predicted molar refractivity (Wildman–Crippen MR) is 130 cm³/mol. The SMILES string of the molecule is CCOC(=O)/C(NC(=O)[C@@H](OC(=O)c1cc(OC)cc2c(C)cccc12)[C@]1(C)CO1)=C1\CCC2CN12. The molecule has 9 nitrogen and oxygen atoms in total. The third kappa shape index (κ3) is 4.39. The van der Waals surface area contributed by atoms with Crippen molar-refractivity contribution in [3.63, 3.8) is 0 Å². The molecule has 1 amide bonds. The topological polar surface area (TPSA) is 106 Å². The van der Waals surface area contributed by atoms with E-state index in [-0.39, 0.29) is 24.5 Å². The van der Waals surface area contributed by atoms with E-state index >= 15 is 0 Å². The van der Waals surface area contributed by atoms with E-state index in [2.05, 4.69) is 10.2 Å². The summed E-state index contributed by atoms with van der Waals surface area (Å²) in [6.07, 6.45) is 0.329. The number of epoxide rings is 1. The molecule has 2 aromatic rings. The normalized spacial score (nSPS) is 24.0. The number of fused-ring (bicyclic) bond motifs is 2. The summed E-state index contributed by atoms with van der Waals surface area (Å²) in [4.78, 5) is 41.7. The molecule has 5 rings (SSSR count). The molecule has 3 atom stereocenters. The van der Waals surface area contributed by atoms with Gasteiger partial charge in [0, 0.05) is 18.3 Å². The average molecular weight is 495 g/mol. The van der Waals surface area contributed by atoms with Crippen molar-refractivity contribution in [1.82, 2.24) is 10.2 Å². The molecule has 190 valence electrons. The van der Waals surface area contributed by atoms with E-state index in [9.17, 15) is 14.4 Å². The van der Waals surface area contributed by atoms with E-state index in [4.69, 9.17) is 18.9 Å². The molecule has 3 fully saturated rings. The first-order valence-electron chi connectivity index (χ1n) is 12.2. The van der Waals surface area contributed by atoms with Crippen LogP contribution in [0.5, 0.6) is 5.75 Å². The maximum atomic E-state index is 13.5. The molecule has 1 unspecified atom stereocenters. The standard InChI is InChI=1S/C27H30N2O7/c1-5-34-26(32)22(21-10-9-16-13-29(16)21)28-24(30)23(27(3)14-35-27)36-25(31)20-12-17(33-4)11-19-15(2)7-6-8-18(19)20/h6-8,11-12,16,23H,5,9-10,13-14H2,1-4H3,(H,28,30)/b22-21-/t16?,23-,27+,29?/m1/s1. The van der Waals surface area contributed by atoms with Gasteiger partial charge in [-0.25, -0.2) is 9.59 Å². The van der Waals surface area contributed by atoms with Crippen LogP contribution in [0.1, 0.15) is 42.6 Å². The van der Waals surface area contributed by atoms with Crippen LogP contribution in [0.3, 0.4) is 0 Å². The molecule has 0 spiro atoms. The van der Waals surface area contributed by atoms with Gasteiger partial charge in [-0.3, -0.25) is 4.79 Å². The maximum absolute atomic E-state index is 13.5. The molecule has 9 heteroatoms. The Morgan fingerprint density at radius 1 is 1.25 bits per heavy atom. The molecule has 0 aliphatic carbocycles. The van der Waals surface area contributed by atoms with Crippen LogP contribution in [0.15, 0.2) is 41.7 Å². The number of carbonyl (C=O) groups is 3. The minimum Gasteiger partial charge on any atom is -0.497 e. The van der Waals surface area contributed by atoms with Gasteiger partial charge in [-0.05, 0) is 62.1 Å². The smallest absolute Gasteiger partial charge is 0.356 e. The first-order chi connectivity index (χ1) is 17.3. The maximum Gasteiger partial charge on any atom is 0.356 e. The fourth-order valence-electron chi connectivity index (χ4n) is 4.80. The molecule has 2 aromatic carbocycles. The molecule has 3 heterocycles. The van der Waals surface area contributed by atoms with Crippen molar-refractivity contribution in [3.8, 4) is 5.75 Å². The largest absolute Gasteiger partial charge is 0.497 e. The van der Waals surface area contributed by atoms with Gasteiger partial charge in [0.15, 0.2) is 0 Å². The Hall–Kier alpha value is -3.59. The Morgan fingerprint density at radius 3 is 2.64 bits per heavy atom. The molecule has 0 bridgehead atoms. The molecule has 0 saturated carbocycles. The Morgan fingerprint density at radius 2 is 2.03 bits per heavy atom. The lowest BCUT2D eigenvalue weighted by Crippen LogP contribution is -2.47. The van der Waals surface area contributed by atoms with Crippen molar-refractivity contribution < 1.29 is 33.3 Å². The van der Waals surface area contributed by atoms with Gasteiger partial charge in [0.25, 0.3) is 5.91 Å². The summed E-state index contributed by atoms with van der Waals surface area (Å²) in [5.41, 5.74) is 1.12. The number of amides is 1. The van der Waals surface area contributed by atoms with Crippen molar-refractivity contribution in [3.05, 3.63) is 52.9 Å². The van der Waals surface area contributed by atoms with Crippen molar-refractivity contribution in [2.75, 3.05) is 26.9 Å². The number of allylic oxidation sites excluding steroid dienone is 1. The quantitative estimate of drug-likeness (QED) is 0.339. The average Bonchev–Trinajstić information content (AvgIpc) is 3.78. The number of ether oxygens (including phenoxy) is 4. The molecule has 3 saturated heterocycles. The lowest BCUT2D eigenvalue weighted by Gasteiger charge is -2.23. The van der Waals surface area contributed by atoms with Gasteiger partial charge in [0.2, 0.25) is 6.10 Å². The molecule has 0 radical (unpaired) electrons. The lowest BCUT2D eigenvalue weighted by atomic mass is 9.99. The Labute approximate surface area is 209 Å². The number of benzene rings is 2. The monoisotopic (exact) mass is 494 g/mol. The third-order valence-electron chi connectivity index (χ3n) is 7.05. The Bertz CT molecular complexity index is 1280. The zero-order valence-electron chi connectivity index (χ0n) is 20.9. The summed E-state index contributed by atoms with van der Waals surface area (Å²) >= 11 is 0. The van der Waals surface area contributed by atoms with E-state index in [0.29, 0.717) is 23.6 Å². The molecule has 1 N–H and O–H groups in total. The van der Waals surface area contributed by atoms with Crippen LogP contribution in [0.25, 0.3) is 10.8 Å². The highest BCUT2D eigenvalue weighted by Gasteiger charge is 2.54. The van der Waals surface area contributed by atoms with Crippen LogP contribution in [0.4, 0.5) is 0 Å². The van der Waals surface area contributed by atoms with Gasteiger partial charge in [0.05, 0.1) is 25.9 Å². The number of hydrogen-bond donors (Lipinski definition) is 1. The zero-order valence-corrected chi connectivity index (χ0v) is 20.9. The number of nitrogens with zero attached hydrogens (tertiary/aromatic N) is 1. The van der Waals surface area contributed by atoms with Crippen LogP contribution < -0.4 is 10.1 Å². The van der Waals surface area contributed by atoms with Gasteiger partial charge in [-0.15, -0.1) is 0 Å². The summed E-state index contributed by atoms with van der Waals surface area (Å²) in [5, 5.41) is 4.25. The molecule has 3 aliphatic rings. The second-order valence-corrected chi connectivity index (χ2v) is 9.61. The molecule has 36 heavy (non-hydrogen) atoms. The summed E-state index contributed by atoms with van der Waals surface area (Å²) < 4.78 is 21.9. The fraction of sp³-hybridized carbons (Fsp3) is 0.444. The van der Waals surface area contributed by atoms with Crippen molar-refractivity contribution in [2.24, 2.45) is 0 Å². The Balaban J connectivity index is 1.44. The molecule has 0 aromatic heterocycles. The summed E-state index contributed by atoms with van der Waals surface area (Å²) in [6.45, 7) is 6.63. The highest BCUT2D eigenvalue weighted by molar-refractivity contribution is 6.07. The van der Waals surface area contributed by atoms with E-state index in [0.717, 1.165) is 29.6 Å². The number of hydrogen-bond acceptors (Lipinski definition) is 8. The van der Waals surface area contributed by atoms with Crippen molar-refractivity contribution in [2.45, 2.75) is 51.4 Å². The number of piperidine rings is 1. The second-order valence-electron chi connectivity index (χ2n) is 9.61. The number of carbonyl (C=O) groups excluding carboxylic acids is 3. The van der Waals surface area contributed by atoms with Gasteiger partial charge >= 0.3 is 11.9 Å². The van der Waals surface area contributed by atoms with E-state index in [1.54, 1.807) is 19.9 Å². The van der Waals surface area contributed by atoms with Gasteiger partial charge in [0.1, 0.15) is 17.0 Å². The lowest BCUT2D eigenvalue weighted by molar-refractivity contribution is -0.141. The number of esters is 2. The van der Waals surface area contributed by atoms with Crippen LogP contribution in [0, 0.1) is 6.92 Å². The van der Waals surface area contributed by atoms with Gasteiger partial charge < -0.3 is 29.2 Å². The molecular formula is C27H30N2O7. The minimum absolute atomic E-state index is 0.106. The van der Waals surface area contributed by atoms with E-state index in [1.165, 1.54) is 7.11 Å². The predicted octanol–water partition coefficient (Wildman–Crippen LogP) is 2.84. The van der Waals surface area contributed by atoms with Crippen molar-refractivity contribution >= 4 is 28.6 Å². The van der Waals surface area contributed by atoms with E-state index < -0.39 is 29.6 Å². The zero-order chi connectivity index (χ0) is 25.6. The fourth-order valence-corrected chi connectivity index (χ4v) is 4.80. The van der Waals surface area contributed by atoms with E-state index in [1.807, 2.05) is 31.2 Å². The number of rotatable bonds is 8. The van der Waals surface area contributed by atoms with Crippen LogP contribution in [0.2, 0.25) is 0 Å². The van der Waals surface area contributed by atoms with Gasteiger partial charge in [-0.2, -0.15) is 0 Å². The summed E-state index contributed by atoms with van der Waals surface area (Å²) in [5.74, 6) is -1.41. The van der Waals surface area contributed by atoms with Crippen LogP contribution in [-0.4, -0.2) is 67.4 Å². The number of methoxy groups -OCH3 is 1. The highest BCUT2D eigenvalue weighted by atomic mass is 16.6. The second kappa shape index (κ2) is 9.13. The highest BCUT2D eigenvalue weighted by Crippen LogP contribution is 2.40. The van der Waals surface area contributed by atoms with Crippen LogP contribution in [-0.2, 0) is 23.8 Å².